The van der Waals surface area contributed by atoms with Crippen molar-refractivity contribution in [3.63, 3.8) is 0 Å². The minimum Gasteiger partial charge on any atom is -0.206 e. The Balaban J connectivity index is 1.83. The van der Waals surface area contributed by atoms with E-state index in [-0.39, 0.29) is 0 Å². The number of hydrogen-bond donors (Lipinski definition) is 0. The summed E-state index contributed by atoms with van der Waals surface area (Å²) < 4.78 is 41.1. The second kappa shape index (κ2) is 7.90. The van der Waals surface area contributed by atoms with Crippen LogP contribution in [-0.4, -0.2) is 0 Å². The monoisotopic (exact) mass is 344 g/mol. The van der Waals surface area contributed by atoms with Gasteiger partial charge in [0.05, 0.1) is 0 Å². The molecule has 0 aliphatic heterocycles. The van der Waals surface area contributed by atoms with E-state index in [9.17, 15) is 13.2 Å². The normalized spacial score (nSPS) is 13.5. The van der Waals surface area contributed by atoms with E-state index in [1.54, 1.807) is 6.07 Å². The van der Waals surface area contributed by atoms with Crippen LogP contribution < -0.4 is 0 Å². The van der Waals surface area contributed by atoms with E-state index < -0.39 is 17.5 Å². The average molecular weight is 344 g/mol. The zero-order valence-corrected chi connectivity index (χ0v) is 14.5. The summed E-state index contributed by atoms with van der Waals surface area (Å²) in [4.78, 5) is 0. The van der Waals surface area contributed by atoms with Crippen molar-refractivity contribution in [2.75, 3.05) is 0 Å². The molecule has 0 spiro atoms. The predicted molar refractivity (Wildman–Crippen MR) is 96.8 cm³/mol. The highest BCUT2D eigenvalue weighted by Crippen LogP contribution is 2.33. The van der Waals surface area contributed by atoms with Gasteiger partial charge in [0.25, 0.3) is 0 Å². The van der Waals surface area contributed by atoms with Gasteiger partial charge in [-0.3, -0.25) is 0 Å². The molecule has 2 aromatic carbocycles. The van der Waals surface area contributed by atoms with Crippen LogP contribution in [0.1, 0.15) is 56.6 Å². The molecule has 0 saturated carbocycles. The molecule has 0 saturated heterocycles. The Morgan fingerprint density at radius 2 is 1.68 bits per heavy atom. The lowest BCUT2D eigenvalue weighted by Gasteiger charge is -2.18. The third kappa shape index (κ3) is 4.15. The summed E-state index contributed by atoms with van der Waals surface area (Å²) in [7, 11) is 0. The highest BCUT2D eigenvalue weighted by Gasteiger charge is 2.16. The van der Waals surface area contributed by atoms with Gasteiger partial charge in [-0.1, -0.05) is 43.9 Å². The molecule has 0 nitrogen and oxygen atoms in total. The molecule has 0 amide bonds. The van der Waals surface area contributed by atoms with Crippen LogP contribution in [0.25, 0.3) is 17.2 Å². The lowest BCUT2D eigenvalue weighted by Crippen LogP contribution is -2.02. The van der Waals surface area contributed by atoms with Crippen LogP contribution in [0.3, 0.4) is 0 Å². The molecule has 0 atom stereocenters. The first-order valence-electron chi connectivity index (χ1n) is 9.05. The largest absolute Gasteiger partial charge is 0.206 e. The standard InChI is InChI=1S/C22H23F3/c1-2-3-4-5-6-15-7-8-16-12-19(21(24)14-18(16)11-15)17-9-10-20(23)22(25)13-17/h9-14H,2-8H2,1H3. The molecule has 0 N–H and O–H groups in total. The van der Waals surface area contributed by atoms with Crippen molar-refractivity contribution >= 4 is 6.08 Å². The van der Waals surface area contributed by atoms with E-state index in [0.717, 1.165) is 42.5 Å². The van der Waals surface area contributed by atoms with Crippen LogP contribution in [0.2, 0.25) is 0 Å². The predicted octanol–water partition coefficient (Wildman–Crippen LogP) is 7.07. The summed E-state index contributed by atoms with van der Waals surface area (Å²) in [6.45, 7) is 2.20. The quantitative estimate of drug-likeness (QED) is 0.492. The SMILES string of the molecule is CCCCCCC1=Cc2cc(F)c(-c3ccc(F)c(F)c3)cc2CC1. The first kappa shape index (κ1) is 17.8. The van der Waals surface area contributed by atoms with Crippen LogP contribution in [0, 0.1) is 17.5 Å². The first-order chi connectivity index (χ1) is 12.1. The van der Waals surface area contributed by atoms with E-state index in [1.807, 2.05) is 0 Å². The molecule has 3 heteroatoms. The van der Waals surface area contributed by atoms with Crippen molar-refractivity contribution < 1.29 is 13.2 Å². The maximum absolute atomic E-state index is 14.5. The molecular formula is C22H23F3. The minimum atomic E-state index is -0.955. The second-order valence-electron chi connectivity index (χ2n) is 6.77. The number of allylic oxidation sites excluding steroid dienone is 1. The Kier molecular flexibility index (Phi) is 5.62. The number of unbranched alkanes of at least 4 members (excludes halogenated alkanes) is 3. The number of aryl methyl sites for hydroxylation is 1. The fraction of sp³-hybridized carbons (Fsp3) is 0.364. The molecular weight excluding hydrogens is 321 g/mol. The van der Waals surface area contributed by atoms with Crippen LogP contribution in [0.4, 0.5) is 13.2 Å². The number of hydrogen-bond acceptors (Lipinski definition) is 0. The fourth-order valence-corrected chi connectivity index (χ4v) is 3.43. The van der Waals surface area contributed by atoms with Gasteiger partial charge in [0.2, 0.25) is 0 Å². The van der Waals surface area contributed by atoms with Gasteiger partial charge in [-0.2, -0.15) is 0 Å². The topological polar surface area (TPSA) is 0 Å². The summed E-state index contributed by atoms with van der Waals surface area (Å²) >= 11 is 0. The molecule has 0 radical (unpaired) electrons. The van der Waals surface area contributed by atoms with Crippen molar-refractivity contribution in [2.45, 2.75) is 51.9 Å². The van der Waals surface area contributed by atoms with Gasteiger partial charge in [-0.15, -0.1) is 0 Å². The van der Waals surface area contributed by atoms with Gasteiger partial charge in [0.15, 0.2) is 11.6 Å². The Morgan fingerprint density at radius 1 is 0.840 bits per heavy atom. The summed E-state index contributed by atoms with van der Waals surface area (Å²) in [6.07, 6.45) is 9.94. The number of rotatable bonds is 6. The Labute approximate surface area is 147 Å². The van der Waals surface area contributed by atoms with Gasteiger partial charge in [-0.05, 0) is 66.6 Å². The Hall–Kier alpha value is -2.03. The summed E-state index contributed by atoms with van der Waals surface area (Å²) in [6, 6.07) is 6.82. The lowest BCUT2D eigenvalue weighted by atomic mass is 9.87. The van der Waals surface area contributed by atoms with E-state index >= 15 is 0 Å². The molecule has 1 aliphatic rings. The molecule has 0 aromatic heterocycles. The maximum Gasteiger partial charge on any atom is 0.159 e. The van der Waals surface area contributed by atoms with Crippen LogP contribution in [0.5, 0.6) is 0 Å². The summed E-state index contributed by atoms with van der Waals surface area (Å²) in [5.41, 5.74) is 4.06. The van der Waals surface area contributed by atoms with Gasteiger partial charge in [0, 0.05) is 5.56 Å². The zero-order chi connectivity index (χ0) is 17.8. The number of halogens is 3. The van der Waals surface area contributed by atoms with Crippen molar-refractivity contribution in [3.05, 3.63) is 64.5 Å². The smallest absolute Gasteiger partial charge is 0.159 e. The third-order valence-corrected chi connectivity index (χ3v) is 4.89. The number of benzene rings is 2. The van der Waals surface area contributed by atoms with Gasteiger partial charge in [0.1, 0.15) is 5.82 Å². The molecule has 0 heterocycles. The summed E-state index contributed by atoms with van der Waals surface area (Å²) in [5, 5.41) is 0. The van der Waals surface area contributed by atoms with Gasteiger partial charge >= 0.3 is 0 Å². The van der Waals surface area contributed by atoms with E-state index in [4.69, 9.17) is 0 Å². The highest BCUT2D eigenvalue weighted by atomic mass is 19.2. The molecule has 132 valence electrons. The molecule has 0 unspecified atom stereocenters. The van der Waals surface area contributed by atoms with Crippen LogP contribution in [0.15, 0.2) is 35.9 Å². The van der Waals surface area contributed by atoms with Gasteiger partial charge < -0.3 is 0 Å². The molecule has 0 bridgehead atoms. The minimum absolute atomic E-state index is 0.331. The van der Waals surface area contributed by atoms with Crippen molar-refractivity contribution in [3.8, 4) is 11.1 Å². The Morgan fingerprint density at radius 3 is 2.44 bits per heavy atom. The number of fused-ring (bicyclic) bond motifs is 1. The highest BCUT2D eigenvalue weighted by molar-refractivity contribution is 5.70. The third-order valence-electron chi connectivity index (χ3n) is 4.89. The lowest BCUT2D eigenvalue weighted by molar-refractivity contribution is 0.509. The maximum atomic E-state index is 14.5. The first-order valence-corrected chi connectivity index (χ1v) is 9.05. The van der Waals surface area contributed by atoms with Crippen molar-refractivity contribution in [1.29, 1.82) is 0 Å². The second-order valence-corrected chi connectivity index (χ2v) is 6.77. The fourth-order valence-electron chi connectivity index (χ4n) is 3.43. The molecule has 3 rings (SSSR count). The average Bonchev–Trinajstić information content (AvgIpc) is 2.60. The zero-order valence-electron chi connectivity index (χ0n) is 14.5. The molecule has 0 fully saturated rings. The van der Waals surface area contributed by atoms with Crippen molar-refractivity contribution in [1.82, 2.24) is 0 Å². The van der Waals surface area contributed by atoms with E-state index in [1.165, 1.54) is 43.4 Å². The van der Waals surface area contributed by atoms with Gasteiger partial charge in [-0.25, -0.2) is 13.2 Å². The van der Waals surface area contributed by atoms with Crippen molar-refractivity contribution in [2.24, 2.45) is 0 Å². The van der Waals surface area contributed by atoms with Crippen LogP contribution in [-0.2, 0) is 6.42 Å². The molecule has 1 aliphatic carbocycles. The Bertz CT molecular complexity index is 790. The summed E-state index contributed by atoms with van der Waals surface area (Å²) in [5.74, 6) is -2.27. The van der Waals surface area contributed by atoms with Crippen LogP contribution >= 0.6 is 0 Å². The van der Waals surface area contributed by atoms with E-state index in [0.29, 0.717) is 11.1 Å². The van der Waals surface area contributed by atoms with E-state index in [2.05, 4.69) is 13.0 Å². The molecule has 25 heavy (non-hydrogen) atoms. The molecule has 2 aromatic rings.